The van der Waals surface area contributed by atoms with Crippen LogP contribution in [0.15, 0.2) is 36.4 Å². The lowest BCUT2D eigenvalue weighted by Crippen LogP contribution is -2.36. The minimum Gasteiger partial charge on any atom is -0.378 e. The van der Waals surface area contributed by atoms with E-state index in [0.717, 1.165) is 24.3 Å². The highest BCUT2D eigenvalue weighted by atomic mass is 35.5. The predicted octanol–water partition coefficient (Wildman–Crippen LogP) is 4.37. The molecule has 4 nitrogen and oxygen atoms in total. The fourth-order valence-corrected chi connectivity index (χ4v) is 3.31. The maximum atomic E-state index is 14.9. The third kappa shape index (κ3) is 4.79. The van der Waals surface area contributed by atoms with Gasteiger partial charge in [0.2, 0.25) is 0 Å². The van der Waals surface area contributed by atoms with Gasteiger partial charge in [0.05, 0.1) is 18.8 Å². The highest BCUT2D eigenvalue weighted by molar-refractivity contribution is 6.30. The van der Waals surface area contributed by atoms with E-state index in [-0.39, 0.29) is 11.5 Å². The van der Waals surface area contributed by atoms with E-state index in [2.05, 4.69) is 10.2 Å². The van der Waals surface area contributed by atoms with Crippen LogP contribution in [0, 0.1) is 5.82 Å². The fourth-order valence-electron chi connectivity index (χ4n) is 3.19. The van der Waals surface area contributed by atoms with Crippen molar-refractivity contribution >= 4 is 23.2 Å². The van der Waals surface area contributed by atoms with Crippen LogP contribution in [0.1, 0.15) is 41.3 Å². The number of rotatable bonds is 5. The van der Waals surface area contributed by atoms with Gasteiger partial charge in [-0.1, -0.05) is 37.6 Å². The summed E-state index contributed by atoms with van der Waals surface area (Å²) >= 11 is 5.88. The molecule has 0 saturated carbocycles. The van der Waals surface area contributed by atoms with Crippen LogP contribution < -0.4 is 10.2 Å². The second-order valence-corrected chi connectivity index (χ2v) is 7.39. The number of hydrogen-bond donors (Lipinski definition) is 1. The van der Waals surface area contributed by atoms with Crippen LogP contribution in [0.4, 0.5) is 10.1 Å². The van der Waals surface area contributed by atoms with Gasteiger partial charge in [-0.2, -0.15) is 0 Å². The number of nitrogens with zero attached hydrogens (tertiary/aromatic N) is 1. The van der Waals surface area contributed by atoms with E-state index < -0.39 is 11.7 Å². The maximum absolute atomic E-state index is 14.9. The van der Waals surface area contributed by atoms with E-state index in [1.165, 1.54) is 6.07 Å². The Bertz CT molecular complexity index is 803. The lowest BCUT2D eigenvalue weighted by Gasteiger charge is -2.30. The Labute approximate surface area is 164 Å². The molecule has 0 radical (unpaired) electrons. The highest BCUT2D eigenvalue weighted by Crippen LogP contribution is 2.29. The third-order valence-corrected chi connectivity index (χ3v) is 4.95. The van der Waals surface area contributed by atoms with Gasteiger partial charge in [-0.25, -0.2) is 4.39 Å². The first-order valence-electron chi connectivity index (χ1n) is 9.14. The third-order valence-electron chi connectivity index (χ3n) is 4.70. The lowest BCUT2D eigenvalue weighted by molar-refractivity contribution is 0.0945. The Balaban J connectivity index is 1.82. The van der Waals surface area contributed by atoms with Crippen LogP contribution in [0.5, 0.6) is 0 Å². The zero-order valence-corrected chi connectivity index (χ0v) is 16.4. The van der Waals surface area contributed by atoms with Crippen molar-refractivity contribution in [3.63, 3.8) is 0 Å². The van der Waals surface area contributed by atoms with E-state index >= 15 is 0 Å². The number of carbonyl (C=O) groups excluding carboxylic acids is 1. The molecule has 1 heterocycles. The Hall–Kier alpha value is -2.11. The summed E-state index contributed by atoms with van der Waals surface area (Å²) in [4.78, 5) is 14.8. The predicted molar refractivity (Wildman–Crippen MR) is 106 cm³/mol. The number of amides is 1. The van der Waals surface area contributed by atoms with Gasteiger partial charge in [0.15, 0.2) is 0 Å². The monoisotopic (exact) mass is 390 g/mol. The molecule has 0 bridgehead atoms. The number of nitrogens with one attached hydrogen (secondary N) is 1. The molecule has 0 atom stereocenters. The molecule has 2 aromatic carbocycles. The molecule has 0 aliphatic carbocycles. The summed E-state index contributed by atoms with van der Waals surface area (Å²) in [5.74, 6) is -0.868. The lowest BCUT2D eigenvalue weighted by atomic mass is 9.95. The summed E-state index contributed by atoms with van der Waals surface area (Å²) in [7, 11) is 0. The largest absolute Gasteiger partial charge is 0.378 e. The molecule has 1 aliphatic rings. The fraction of sp³-hybridized carbons (Fsp3) is 0.381. The van der Waals surface area contributed by atoms with Gasteiger partial charge in [-0.05, 0) is 41.3 Å². The number of carbonyl (C=O) groups is 1. The van der Waals surface area contributed by atoms with Crippen LogP contribution in [-0.4, -0.2) is 32.2 Å². The first kappa shape index (κ1) is 19.6. The molecule has 2 aromatic rings. The molecule has 27 heavy (non-hydrogen) atoms. The van der Waals surface area contributed by atoms with Crippen molar-refractivity contribution < 1.29 is 13.9 Å². The number of morpholine rings is 1. The van der Waals surface area contributed by atoms with Crippen LogP contribution in [0.3, 0.4) is 0 Å². The molecule has 0 aromatic heterocycles. The summed E-state index contributed by atoms with van der Waals surface area (Å²) in [6.45, 7) is 6.95. The SMILES string of the molecule is CC(C)c1cc(N2CCOCC2)cc(F)c1C(=O)NCc1ccc(Cl)cc1. The highest BCUT2D eigenvalue weighted by Gasteiger charge is 2.22. The molecule has 6 heteroatoms. The molecule has 0 spiro atoms. The maximum Gasteiger partial charge on any atom is 0.254 e. The van der Waals surface area contributed by atoms with E-state index in [1.807, 2.05) is 32.0 Å². The van der Waals surface area contributed by atoms with Gasteiger partial charge < -0.3 is 15.0 Å². The van der Waals surface area contributed by atoms with Crippen molar-refractivity contribution in [3.05, 3.63) is 63.9 Å². The summed E-state index contributed by atoms with van der Waals surface area (Å²) in [6.07, 6.45) is 0. The van der Waals surface area contributed by atoms with E-state index in [9.17, 15) is 9.18 Å². The second kappa shape index (κ2) is 8.72. The Kier molecular flexibility index (Phi) is 6.34. The molecule has 1 saturated heterocycles. The van der Waals surface area contributed by atoms with Crippen LogP contribution >= 0.6 is 11.6 Å². The Morgan fingerprint density at radius 3 is 2.52 bits per heavy atom. The number of hydrogen-bond acceptors (Lipinski definition) is 3. The minimum atomic E-state index is -0.490. The van der Waals surface area contributed by atoms with Crippen molar-refractivity contribution in [2.45, 2.75) is 26.3 Å². The number of halogens is 2. The van der Waals surface area contributed by atoms with Crippen LogP contribution in [0.2, 0.25) is 5.02 Å². The number of anilines is 1. The topological polar surface area (TPSA) is 41.6 Å². The Morgan fingerprint density at radius 2 is 1.89 bits per heavy atom. The van der Waals surface area contributed by atoms with E-state index in [0.29, 0.717) is 30.3 Å². The molecule has 3 rings (SSSR count). The van der Waals surface area contributed by atoms with Crippen molar-refractivity contribution in [3.8, 4) is 0 Å². The van der Waals surface area contributed by atoms with Crippen LogP contribution in [0.25, 0.3) is 0 Å². The van der Waals surface area contributed by atoms with E-state index in [4.69, 9.17) is 16.3 Å². The zero-order chi connectivity index (χ0) is 19.4. The summed E-state index contributed by atoms with van der Waals surface area (Å²) in [5.41, 5.74) is 2.54. The second-order valence-electron chi connectivity index (χ2n) is 6.96. The molecule has 144 valence electrons. The summed E-state index contributed by atoms with van der Waals surface area (Å²) in [5, 5.41) is 3.45. The number of ether oxygens (including phenoxy) is 1. The van der Waals surface area contributed by atoms with Gasteiger partial charge in [-0.3, -0.25) is 4.79 Å². The van der Waals surface area contributed by atoms with Crippen molar-refractivity contribution in [1.82, 2.24) is 5.32 Å². The van der Waals surface area contributed by atoms with Gasteiger partial charge in [-0.15, -0.1) is 0 Å². The Morgan fingerprint density at radius 1 is 1.22 bits per heavy atom. The van der Waals surface area contributed by atoms with Crippen molar-refractivity contribution in [2.24, 2.45) is 0 Å². The number of benzene rings is 2. The average molecular weight is 391 g/mol. The van der Waals surface area contributed by atoms with Gasteiger partial charge in [0.1, 0.15) is 5.82 Å². The molecule has 1 amide bonds. The molecule has 1 N–H and O–H groups in total. The molecular weight excluding hydrogens is 367 g/mol. The summed E-state index contributed by atoms with van der Waals surface area (Å²) in [6, 6.07) is 10.6. The van der Waals surface area contributed by atoms with Gasteiger partial charge in [0.25, 0.3) is 5.91 Å². The quantitative estimate of drug-likeness (QED) is 0.824. The average Bonchev–Trinajstić information content (AvgIpc) is 2.67. The molecule has 1 aliphatic heterocycles. The standard InChI is InChI=1S/C21H24ClFN2O2/c1-14(2)18-11-17(25-7-9-27-10-8-25)12-19(23)20(18)21(26)24-13-15-3-5-16(22)6-4-15/h3-6,11-12,14H,7-10,13H2,1-2H3,(H,24,26). The first-order chi connectivity index (χ1) is 13.0. The smallest absolute Gasteiger partial charge is 0.254 e. The van der Waals surface area contributed by atoms with Gasteiger partial charge >= 0.3 is 0 Å². The minimum absolute atomic E-state index is 0.0248. The van der Waals surface area contributed by atoms with Crippen LogP contribution in [-0.2, 0) is 11.3 Å². The van der Waals surface area contributed by atoms with E-state index in [1.54, 1.807) is 12.1 Å². The zero-order valence-electron chi connectivity index (χ0n) is 15.6. The van der Waals surface area contributed by atoms with Gasteiger partial charge in [0, 0.05) is 30.3 Å². The molecular formula is C21H24ClFN2O2. The molecule has 1 fully saturated rings. The first-order valence-corrected chi connectivity index (χ1v) is 9.52. The molecule has 0 unspecified atom stereocenters. The van der Waals surface area contributed by atoms with Crippen molar-refractivity contribution in [1.29, 1.82) is 0 Å². The normalized spacial score (nSPS) is 14.5. The summed E-state index contributed by atoms with van der Waals surface area (Å²) < 4.78 is 20.3. The van der Waals surface area contributed by atoms with Crippen molar-refractivity contribution in [2.75, 3.05) is 31.2 Å².